The second kappa shape index (κ2) is 5.20. The number of rotatable bonds is 2. The summed E-state index contributed by atoms with van der Waals surface area (Å²) in [5.41, 5.74) is 1.88. The summed E-state index contributed by atoms with van der Waals surface area (Å²) < 4.78 is 37.6. The molecule has 2 rings (SSSR count). The first-order valence-electron chi connectivity index (χ1n) is 6.13. The molecule has 0 saturated carbocycles. The van der Waals surface area contributed by atoms with Crippen molar-refractivity contribution in [2.45, 2.75) is 20.0 Å². The van der Waals surface area contributed by atoms with Crippen molar-refractivity contribution >= 4 is 5.69 Å². The van der Waals surface area contributed by atoms with Gasteiger partial charge in [-0.2, -0.15) is 13.2 Å². The maximum absolute atomic E-state index is 12.5. The maximum Gasteiger partial charge on any atom is 0.416 e. The smallest absolute Gasteiger partial charge is 0.258 e. The number of alkyl halides is 3. The number of hydrogen-bond donors (Lipinski definition) is 0. The summed E-state index contributed by atoms with van der Waals surface area (Å²) in [6.07, 6.45) is -4.38. The normalized spacial score (nSPS) is 11.5. The van der Waals surface area contributed by atoms with E-state index in [1.165, 1.54) is 24.3 Å². The number of halogens is 3. The highest BCUT2D eigenvalue weighted by Crippen LogP contribution is 2.34. The summed E-state index contributed by atoms with van der Waals surface area (Å²) in [5.74, 6) is 0. The Balaban J connectivity index is 2.50. The average Bonchev–Trinajstić information content (AvgIpc) is 2.37. The summed E-state index contributed by atoms with van der Waals surface area (Å²) >= 11 is 0. The van der Waals surface area contributed by atoms with Crippen molar-refractivity contribution in [1.29, 1.82) is 0 Å². The van der Waals surface area contributed by atoms with Crippen LogP contribution >= 0.6 is 0 Å². The number of benzene rings is 2. The molecule has 0 aliphatic carbocycles. The minimum absolute atomic E-state index is 0.0272. The monoisotopic (exact) mass is 295 g/mol. The van der Waals surface area contributed by atoms with Crippen LogP contribution in [0.25, 0.3) is 11.1 Å². The Kier molecular flexibility index (Phi) is 3.72. The third-order valence-corrected chi connectivity index (χ3v) is 3.23. The van der Waals surface area contributed by atoms with Gasteiger partial charge < -0.3 is 0 Å². The SMILES string of the molecule is Cc1cc([N+](=O)[O-])cc(C)c1-c1ccc(C(F)(F)F)cc1. The Hall–Kier alpha value is -2.37. The van der Waals surface area contributed by atoms with Gasteiger partial charge in [-0.15, -0.1) is 0 Å². The summed E-state index contributed by atoms with van der Waals surface area (Å²) in [6.45, 7) is 3.40. The molecule has 0 aliphatic rings. The summed E-state index contributed by atoms with van der Waals surface area (Å²) in [5, 5.41) is 10.8. The van der Waals surface area contributed by atoms with Gasteiger partial charge in [0.2, 0.25) is 0 Å². The van der Waals surface area contributed by atoms with E-state index in [-0.39, 0.29) is 5.69 Å². The fraction of sp³-hybridized carbons (Fsp3) is 0.200. The van der Waals surface area contributed by atoms with Gasteiger partial charge in [0.25, 0.3) is 5.69 Å². The zero-order valence-electron chi connectivity index (χ0n) is 11.4. The van der Waals surface area contributed by atoms with Crippen LogP contribution in [0.4, 0.5) is 18.9 Å². The van der Waals surface area contributed by atoms with Crippen molar-refractivity contribution in [2.24, 2.45) is 0 Å². The van der Waals surface area contributed by atoms with E-state index in [2.05, 4.69) is 0 Å². The van der Waals surface area contributed by atoms with Crippen LogP contribution < -0.4 is 0 Å². The molecule has 0 atom stereocenters. The van der Waals surface area contributed by atoms with Crippen LogP contribution in [0.5, 0.6) is 0 Å². The highest BCUT2D eigenvalue weighted by atomic mass is 19.4. The minimum atomic E-state index is -4.38. The molecule has 0 fully saturated rings. The van der Waals surface area contributed by atoms with E-state index in [1.54, 1.807) is 13.8 Å². The Bertz CT molecular complexity index is 668. The van der Waals surface area contributed by atoms with Crippen LogP contribution in [0, 0.1) is 24.0 Å². The number of aryl methyl sites for hydroxylation is 2. The number of nitro groups is 1. The quantitative estimate of drug-likeness (QED) is 0.584. The van der Waals surface area contributed by atoms with Crippen molar-refractivity contribution in [1.82, 2.24) is 0 Å². The van der Waals surface area contributed by atoms with E-state index in [0.29, 0.717) is 22.3 Å². The number of hydrogen-bond acceptors (Lipinski definition) is 2. The Morgan fingerprint density at radius 2 is 1.48 bits per heavy atom. The number of nitro benzene ring substituents is 1. The summed E-state index contributed by atoms with van der Waals surface area (Å²) in [4.78, 5) is 10.3. The molecule has 0 unspecified atom stereocenters. The van der Waals surface area contributed by atoms with Gasteiger partial charge in [0.15, 0.2) is 0 Å². The van der Waals surface area contributed by atoms with Gasteiger partial charge in [-0.25, -0.2) is 0 Å². The van der Waals surface area contributed by atoms with Crippen molar-refractivity contribution in [3.8, 4) is 11.1 Å². The topological polar surface area (TPSA) is 43.1 Å². The lowest BCUT2D eigenvalue weighted by atomic mass is 9.94. The molecule has 0 aliphatic heterocycles. The molecule has 0 aromatic heterocycles. The number of nitrogens with zero attached hydrogens (tertiary/aromatic N) is 1. The van der Waals surface area contributed by atoms with E-state index < -0.39 is 16.7 Å². The van der Waals surface area contributed by atoms with Crippen molar-refractivity contribution in [3.63, 3.8) is 0 Å². The van der Waals surface area contributed by atoms with Crippen LogP contribution in [0.1, 0.15) is 16.7 Å². The molecule has 2 aromatic rings. The van der Waals surface area contributed by atoms with Crippen LogP contribution in [0.3, 0.4) is 0 Å². The average molecular weight is 295 g/mol. The van der Waals surface area contributed by atoms with E-state index in [1.807, 2.05) is 0 Å². The highest BCUT2D eigenvalue weighted by Gasteiger charge is 2.30. The zero-order chi connectivity index (χ0) is 15.8. The van der Waals surface area contributed by atoms with Gasteiger partial charge in [0, 0.05) is 12.1 Å². The molecule has 0 saturated heterocycles. The Morgan fingerprint density at radius 1 is 1.00 bits per heavy atom. The standard InChI is InChI=1S/C15H12F3NO2/c1-9-7-13(19(20)21)8-10(2)14(9)11-3-5-12(6-4-11)15(16,17)18/h3-8H,1-2H3. The molecular weight excluding hydrogens is 283 g/mol. The van der Waals surface area contributed by atoms with Crippen molar-refractivity contribution in [3.05, 3.63) is 63.2 Å². The first kappa shape index (κ1) is 15.0. The fourth-order valence-electron chi connectivity index (χ4n) is 2.33. The molecule has 0 heterocycles. The van der Waals surface area contributed by atoms with Gasteiger partial charge in [0.05, 0.1) is 10.5 Å². The molecule has 0 N–H and O–H groups in total. The van der Waals surface area contributed by atoms with Crippen LogP contribution in [-0.4, -0.2) is 4.92 Å². The van der Waals surface area contributed by atoms with E-state index in [9.17, 15) is 23.3 Å². The Labute approximate surface area is 119 Å². The second-order valence-corrected chi connectivity index (χ2v) is 4.79. The molecule has 3 nitrogen and oxygen atoms in total. The predicted molar refractivity (Wildman–Crippen MR) is 73.0 cm³/mol. The van der Waals surface area contributed by atoms with Gasteiger partial charge >= 0.3 is 6.18 Å². The van der Waals surface area contributed by atoms with Gasteiger partial charge in [-0.1, -0.05) is 12.1 Å². The molecule has 0 bridgehead atoms. The Morgan fingerprint density at radius 3 is 1.86 bits per heavy atom. The molecular formula is C15H12F3NO2. The van der Waals surface area contributed by atoms with Gasteiger partial charge in [-0.05, 0) is 48.2 Å². The van der Waals surface area contributed by atoms with Crippen LogP contribution in [0.15, 0.2) is 36.4 Å². The predicted octanol–water partition coefficient (Wildman–Crippen LogP) is 4.90. The van der Waals surface area contributed by atoms with E-state index in [0.717, 1.165) is 12.1 Å². The third-order valence-electron chi connectivity index (χ3n) is 3.23. The first-order chi connectivity index (χ1) is 9.70. The highest BCUT2D eigenvalue weighted by molar-refractivity contribution is 5.72. The third kappa shape index (κ3) is 3.04. The zero-order valence-corrected chi connectivity index (χ0v) is 11.4. The van der Waals surface area contributed by atoms with Crippen LogP contribution in [0.2, 0.25) is 0 Å². The number of non-ortho nitro benzene ring substituents is 1. The van der Waals surface area contributed by atoms with Gasteiger partial charge in [0.1, 0.15) is 0 Å². The lowest BCUT2D eigenvalue weighted by Gasteiger charge is -2.12. The van der Waals surface area contributed by atoms with Crippen molar-refractivity contribution < 1.29 is 18.1 Å². The lowest BCUT2D eigenvalue weighted by molar-refractivity contribution is -0.384. The lowest BCUT2D eigenvalue weighted by Crippen LogP contribution is -2.04. The molecule has 0 radical (unpaired) electrons. The molecule has 21 heavy (non-hydrogen) atoms. The first-order valence-corrected chi connectivity index (χ1v) is 6.13. The molecule has 0 spiro atoms. The maximum atomic E-state index is 12.5. The fourth-order valence-corrected chi connectivity index (χ4v) is 2.33. The summed E-state index contributed by atoms with van der Waals surface area (Å²) in [7, 11) is 0. The van der Waals surface area contributed by atoms with E-state index >= 15 is 0 Å². The van der Waals surface area contributed by atoms with E-state index in [4.69, 9.17) is 0 Å². The van der Waals surface area contributed by atoms with Crippen LogP contribution in [-0.2, 0) is 6.18 Å². The molecule has 110 valence electrons. The van der Waals surface area contributed by atoms with Gasteiger partial charge in [-0.3, -0.25) is 10.1 Å². The minimum Gasteiger partial charge on any atom is -0.258 e. The molecule has 2 aromatic carbocycles. The van der Waals surface area contributed by atoms with Crippen molar-refractivity contribution in [2.75, 3.05) is 0 Å². The second-order valence-electron chi connectivity index (χ2n) is 4.79. The summed E-state index contributed by atoms with van der Waals surface area (Å²) in [6, 6.07) is 7.61. The largest absolute Gasteiger partial charge is 0.416 e. The molecule has 0 amide bonds. The molecule has 6 heteroatoms.